The summed E-state index contributed by atoms with van der Waals surface area (Å²) in [7, 11) is 1.85. The van der Waals surface area contributed by atoms with E-state index in [9.17, 15) is 0 Å². The lowest BCUT2D eigenvalue weighted by molar-refractivity contribution is 1.11. The van der Waals surface area contributed by atoms with E-state index in [1.54, 1.807) is 6.20 Å². The van der Waals surface area contributed by atoms with Crippen LogP contribution >= 0.6 is 0 Å². The van der Waals surface area contributed by atoms with Crippen LogP contribution in [0.25, 0.3) is 10.9 Å². The molecule has 0 atom stereocenters. The summed E-state index contributed by atoms with van der Waals surface area (Å²) in [5, 5.41) is 10.9. The number of aromatic amines is 1. The predicted octanol–water partition coefficient (Wildman–Crippen LogP) is 1.31. The molecule has 4 nitrogen and oxygen atoms in total. The van der Waals surface area contributed by atoms with E-state index in [-0.39, 0.29) is 0 Å². The highest BCUT2D eigenvalue weighted by atomic mass is 15.1. The summed E-state index contributed by atoms with van der Waals surface area (Å²) in [4.78, 5) is 4.23. The van der Waals surface area contributed by atoms with Crippen LogP contribution in [0.1, 0.15) is 5.56 Å². The molecule has 2 rings (SSSR count). The molecule has 2 aromatic heterocycles. The number of nitrogens with one attached hydrogen (secondary N) is 2. The molecule has 0 aliphatic rings. The van der Waals surface area contributed by atoms with Gasteiger partial charge in [-0.1, -0.05) is 0 Å². The van der Waals surface area contributed by atoms with Crippen LogP contribution < -0.4 is 5.32 Å². The van der Waals surface area contributed by atoms with Gasteiger partial charge in [-0.05, 0) is 12.5 Å². The Morgan fingerprint density at radius 1 is 1.42 bits per heavy atom. The summed E-state index contributed by atoms with van der Waals surface area (Å²) in [6.07, 6.45) is 3.60. The van der Waals surface area contributed by atoms with Crippen LogP contribution in [-0.2, 0) is 0 Å². The molecular formula is C8H10N4. The molecule has 0 fully saturated rings. The first kappa shape index (κ1) is 7.09. The Kier molecular flexibility index (Phi) is 1.46. The van der Waals surface area contributed by atoms with Crippen LogP contribution in [0.2, 0.25) is 0 Å². The van der Waals surface area contributed by atoms with E-state index in [4.69, 9.17) is 0 Å². The summed E-state index contributed by atoms with van der Waals surface area (Å²) < 4.78 is 0. The average Bonchev–Trinajstić information content (AvgIpc) is 2.54. The highest BCUT2D eigenvalue weighted by molar-refractivity contribution is 5.90. The van der Waals surface area contributed by atoms with Gasteiger partial charge in [0.1, 0.15) is 5.82 Å². The Labute approximate surface area is 70.0 Å². The van der Waals surface area contributed by atoms with Crippen molar-refractivity contribution in [2.45, 2.75) is 6.92 Å². The van der Waals surface area contributed by atoms with Gasteiger partial charge < -0.3 is 5.32 Å². The van der Waals surface area contributed by atoms with Gasteiger partial charge in [-0.3, -0.25) is 5.10 Å². The third kappa shape index (κ3) is 0.845. The van der Waals surface area contributed by atoms with Crippen molar-refractivity contribution >= 4 is 16.7 Å². The van der Waals surface area contributed by atoms with Crippen LogP contribution in [0.3, 0.4) is 0 Å². The number of anilines is 1. The van der Waals surface area contributed by atoms with Gasteiger partial charge in [0.05, 0.1) is 17.1 Å². The predicted molar refractivity (Wildman–Crippen MR) is 48.2 cm³/mol. The first-order chi connectivity index (χ1) is 5.83. The zero-order valence-electron chi connectivity index (χ0n) is 7.05. The summed E-state index contributed by atoms with van der Waals surface area (Å²) in [5.41, 5.74) is 2.16. The molecule has 0 amide bonds. The number of rotatable bonds is 1. The van der Waals surface area contributed by atoms with Crippen molar-refractivity contribution in [2.75, 3.05) is 12.4 Å². The fraction of sp³-hybridized carbons (Fsp3) is 0.250. The molecular weight excluding hydrogens is 152 g/mol. The van der Waals surface area contributed by atoms with Crippen LogP contribution in [0.4, 0.5) is 5.82 Å². The average molecular weight is 162 g/mol. The standard InChI is InChI=1S/C8H10N4/c1-5-3-10-8(9-2)6-4-11-12-7(5)6/h3-4H,1-2H3,(H,9,10)(H,11,12). The molecule has 2 aromatic rings. The van der Waals surface area contributed by atoms with Gasteiger partial charge in [0.25, 0.3) is 0 Å². The highest BCUT2D eigenvalue weighted by Gasteiger charge is 2.04. The minimum atomic E-state index is 0.865. The Bertz CT molecular complexity index is 404. The highest BCUT2D eigenvalue weighted by Crippen LogP contribution is 2.20. The van der Waals surface area contributed by atoms with Gasteiger partial charge in [0.2, 0.25) is 0 Å². The second-order valence-electron chi connectivity index (χ2n) is 2.70. The minimum absolute atomic E-state index is 0.865. The molecule has 0 unspecified atom stereocenters. The van der Waals surface area contributed by atoms with Crippen LogP contribution in [0.15, 0.2) is 12.4 Å². The van der Waals surface area contributed by atoms with Gasteiger partial charge >= 0.3 is 0 Å². The number of aromatic nitrogens is 3. The van der Waals surface area contributed by atoms with E-state index in [2.05, 4.69) is 20.5 Å². The molecule has 0 saturated heterocycles. The molecule has 0 aliphatic carbocycles. The Morgan fingerprint density at radius 2 is 2.25 bits per heavy atom. The van der Waals surface area contributed by atoms with E-state index in [0.717, 1.165) is 22.3 Å². The van der Waals surface area contributed by atoms with Crippen LogP contribution in [-0.4, -0.2) is 22.2 Å². The SMILES string of the molecule is CNc1ncc(C)c2[nH]ncc12. The minimum Gasteiger partial charge on any atom is -0.373 e. The van der Waals surface area contributed by atoms with E-state index >= 15 is 0 Å². The van der Waals surface area contributed by atoms with Crippen molar-refractivity contribution in [3.63, 3.8) is 0 Å². The zero-order valence-corrected chi connectivity index (χ0v) is 7.05. The summed E-state index contributed by atoms with van der Waals surface area (Å²) in [5.74, 6) is 0.865. The Hall–Kier alpha value is -1.58. The summed E-state index contributed by atoms with van der Waals surface area (Å²) >= 11 is 0. The molecule has 0 bridgehead atoms. The van der Waals surface area contributed by atoms with Gasteiger partial charge in [-0.15, -0.1) is 0 Å². The van der Waals surface area contributed by atoms with Crippen LogP contribution in [0, 0.1) is 6.92 Å². The van der Waals surface area contributed by atoms with Crippen LogP contribution in [0.5, 0.6) is 0 Å². The maximum atomic E-state index is 4.23. The Morgan fingerprint density at radius 3 is 3.00 bits per heavy atom. The maximum Gasteiger partial charge on any atom is 0.136 e. The second-order valence-corrected chi connectivity index (χ2v) is 2.70. The van der Waals surface area contributed by atoms with Crippen molar-refractivity contribution in [1.82, 2.24) is 15.2 Å². The van der Waals surface area contributed by atoms with Gasteiger partial charge in [0, 0.05) is 13.2 Å². The van der Waals surface area contributed by atoms with Crippen molar-refractivity contribution in [3.8, 4) is 0 Å². The number of pyridine rings is 1. The lowest BCUT2D eigenvalue weighted by atomic mass is 10.2. The molecule has 0 aliphatic heterocycles. The number of H-pyrrole nitrogens is 1. The number of fused-ring (bicyclic) bond motifs is 1. The maximum absolute atomic E-state index is 4.23. The van der Waals surface area contributed by atoms with Gasteiger partial charge in [0.15, 0.2) is 0 Å². The molecule has 0 radical (unpaired) electrons. The van der Waals surface area contributed by atoms with E-state index < -0.39 is 0 Å². The number of aryl methyl sites for hydroxylation is 1. The van der Waals surface area contributed by atoms with Crippen molar-refractivity contribution in [3.05, 3.63) is 18.0 Å². The molecule has 62 valence electrons. The van der Waals surface area contributed by atoms with E-state index in [1.807, 2.05) is 20.2 Å². The van der Waals surface area contributed by atoms with Crippen molar-refractivity contribution < 1.29 is 0 Å². The molecule has 2 N–H and O–H groups in total. The fourth-order valence-corrected chi connectivity index (χ4v) is 1.26. The quantitative estimate of drug-likeness (QED) is 0.664. The lowest BCUT2D eigenvalue weighted by Crippen LogP contribution is -1.93. The first-order valence-electron chi connectivity index (χ1n) is 3.79. The molecule has 2 heterocycles. The largest absolute Gasteiger partial charge is 0.373 e. The van der Waals surface area contributed by atoms with Gasteiger partial charge in [-0.2, -0.15) is 5.10 Å². The Balaban J connectivity index is 2.82. The van der Waals surface area contributed by atoms with Gasteiger partial charge in [-0.25, -0.2) is 4.98 Å². The molecule has 12 heavy (non-hydrogen) atoms. The molecule has 0 saturated carbocycles. The van der Waals surface area contributed by atoms with E-state index in [0.29, 0.717) is 0 Å². The first-order valence-corrected chi connectivity index (χ1v) is 3.79. The van der Waals surface area contributed by atoms with E-state index in [1.165, 1.54) is 0 Å². The number of nitrogens with zero attached hydrogens (tertiary/aromatic N) is 2. The smallest absolute Gasteiger partial charge is 0.136 e. The normalized spacial score (nSPS) is 10.5. The molecule has 0 spiro atoms. The monoisotopic (exact) mass is 162 g/mol. The summed E-state index contributed by atoms with van der Waals surface area (Å²) in [6.45, 7) is 2.01. The summed E-state index contributed by atoms with van der Waals surface area (Å²) in [6, 6.07) is 0. The third-order valence-electron chi connectivity index (χ3n) is 1.91. The second kappa shape index (κ2) is 2.48. The number of hydrogen-bond donors (Lipinski definition) is 2. The lowest BCUT2D eigenvalue weighted by Gasteiger charge is -2.01. The molecule has 4 heteroatoms. The van der Waals surface area contributed by atoms with Crippen molar-refractivity contribution in [1.29, 1.82) is 0 Å². The number of hydrogen-bond acceptors (Lipinski definition) is 3. The topological polar surface area (TPSA) is 53.6 Å². The molecule has 0 aromatic carbocycles. The zero-order chi connectivity index (χ0) is 8.55. The fourth-order valence-electron chi connectivity index (χ4n) is 1.26. The third-order valence-corrected chi connectivity index (χ3v) is 1.91. The van der Waals surface area contributed by atoms with Crippen molar-refractivity contribution in [2.24, 2.45) is 0 Å².